The van der Waals surface area contributed by atoms with Gasteiger partial charge in [0.05, 0.1) is 0 Å². The van der Waals surface area contributed by atoms with E-state index in [0.29, 0.717) is 0 Å². The quantitative estimate of drug-likeness (QED) is 0.778. The monoisotopic (exact) mass is 230 g/mol. The van der Waals surface area contributed by atoms with Crippen LogP contribution in [-0.4, -0.2) is 11.9 Å². The Bertz CT molecular complexity index is 414. The van der Waals surface area contributed by atoms with Crippen LogP contribution >= 0.6 is 0 Å². The van der Waals surface area contributed by atoms with E-state index in [4.69, 9.17) is 5.73 Å². The van der Waals surface area contributed by atoms with E-state index in [1.165, 1.54) is 5.56 Å². The molecule has 3 heteroatoms. The zero-order valence-electron chi connectivity index (χ0n) is 10.0. The summed E-state index contributed by atoms with van der Waals surface area (Å²) >= 11 is 0. The molecule has 1 atom stereocenters. The molecule has 0 fully saturated rings. The summed E-state index contributed by atoms with van der Waals surface area (Å²) in [5.41, 5.74) is 7.96. The molecule has 1 unspecified atom stereocenters. The fourth-order valence-corrected chi connectivity index (χ4v) is 1.95. The number of rotatable bonds is 3. The lowest BCUT2D eigenvalue weighted by atomic mass is 10.0. The number of nitrogens with one attached hydrogen (secondary N) is 1. The van der Waals surface area contributed by atoms with Crippen molar-refractivity contribution in [2.24, 2.45) is 5.73 Å². The molecule has 2 rings (SSSR count). The predicted molar refractivity (Wildman–Crippen MR) is 68.4 cm³/mol. The highest BCUT2D eigenvalue weighted by Crippen LogP contribution is 2.14. The van der Waals surface area contributed by atoms with Gasteiger partial charge in [-0.2, -0.15) is 0 Å². The van der Waals surface area contributed by atoms with Crippen LogP contribution in [0.4, 0.5) is 0 Å². The zero-order chi connectivity index (χ0) is 12.3. The first-order chi connectivity index (χ1) is 8.16. The van der Waals surface area contributed by atoms with E-state index in [1.54, 1.807) is 0 Å². The minimum atomic E-state index is -0.573. The number of hydrogen-bond donors (Lipinski definition) is 2. The van der Waals surface area contributed by atoms with Crippen molar-refractivity contribution < 1.29 is 4.79 Å². The maximum atomic E-state index is 11.9. The average molecular weight is 230 g/mol. The summed E-state index contributed by atoms with van der Waals surface area (Å²) < 4.78 is 0. The molecule has 0 aliphatic heterocycles. The molecule has 3 N–H and O–H groups in total. The van der Waals surface area contributed by atoms with E-state index >= 15 is 0 Å². The van der Waals surface area contributed by atoms with Crippen molar-refractivity contribution in [1.29, 1.82) is 0 Å². The van der Waals surface area contributed by atoms with E-state index in [2.05, 4.69) is 17.5 Å². The Morgan fingerprint density at radius 1 is 1.29 bits per heavy atom. The fourth-order valence-electron chi connectivity index (χ4n) is 1.95. The van der Waals surface area contributed by atoms with Crippen molar-refractivity contribution in [1.82, 2.24) is 5.32 Å². The van der Waals surface area contributed by atoms with Crippen LogP contribution in [-0.2, 0) is 4.79 Å². The number of amides is 1. The van der Waals surface area contributed by atoms with Crippen molar-refractivity contribution >= 4 is 5.91 Å². The largest absolute Gasteiger partial charge is 0.351 e. The maximum absolute atomic E-state index is 11.9. The third-order valence-electron chi connectivity index (χ3n) is 3.07. The Kier molecular flexibility index (Phi) is 3.59. The zero-order valence-corrected chi connectivity index (χ0v) is 10.0. The van der Waals surface area contributed by atoms with Gasteiger partial charge in [0, 0.05) is 6.04 Å². The van der Waals surface area contributed by atoms with Crippen LogP contribution in [0.2, 0.25) is 0 Å². The SMILES string of the molecule is Cc1ccc(C(N)C(=O)NC2CC=CC2)cc1. The summed E-state index contributed by atoms with van der Waals surface area (Å²) in [5.74, 6) is -0.0949. The normalized spacial score (nSPS) is 17.1. The van der Waals surface area contributed by atoms with Crippen LogP contribution in [0.25, 0.3) is 0 Å². The van der Waals surface area contributed by atoms with Gasteiger partial charge in [-0.25, -0.2) is 0 Å². The molecule has 3 nitrogen and oxygen atoms in total. The van der Waals surface area contributed by atoms with Gasteiger partial charge in [-0.1, -0.05) is 42.0 Å². The van der Waals surface area contributed by atoms with Crippen LogP contribution in [0.5, 0.6) is 0 Å². The highest BCUT2D eigenvalue weighted by molar-refractivity contribution is 5.83. The van der Waals surface area contributed by atoms with E-state index in [-0.39, 0.29) is 11.9 Å². The van der Waals surface area contributed by atoms with Crippen LogP contribution in [0.3, 0.4) is 0 Å². The third-order valence-corrected chi connectivity index (χ3v) is 3.07. The molecule has 0 saturated carbocycles. The molecule has 0 saturated heterocycles. The average Bonchev–Trinajstić information content (AvgIpc) is 2.82. The van der Waals surface area contributed by atoms with Crippen LogP contribution in [0.1, 0.15) is 30.0 Å². The second-order valence-corrected chi connectivity index (χ2v) is 4.54. The minimum absolute atomic E-state index is 0.0949. The van der Waals surface area contributed by atoms with E-state index in [1.807, 2.05) is 31.2 Å². The number of nitrogens with two attached hydrogens (primary N) is 1. The van der Waals surface area contributed by atoms with E-state index in [0.717, 1.165) is 18.4 Å². The first-order valence-corrected chi connectivity index (χ1v) is 5.94. The first-order valence-electron chi connectivity index (χ1n) is 5.94. The lowest BCUT2D eigenvalue weighted by Crippen LogP contribution is -2.39. The smallest absolute Gasteiger partial charge is 0.241 e. The third kappa shape index (κ3) is 2.94. The molecule has 1 aromatic rings. The number of benzene rings is 1. The van der Waals surface area contributed by atoms with Gasteiger partial charge in [-0.05, 0) is 25.3 Å². The molecular formula is C14H18N2O. The summed E-state index contributed by atoms with van der Waals surface area (Å²) in [4.78, 5) is 11.9. The van der Waals surface area contributed by atoms with E-state index in [9.17, 15) is 4.79 Å². The Morgan fingerprint density at radius 3 is 2.47 bits per heavy atom. The van der Waals surface area contributed by atoms with Gasteiger partial charge in [0.25, 0.3) is 0 Å². The molecule has 17 heavy (non-hydrogen) atoms. The summed E-state index contributed by atoms with van der Waals surface area (Å²) in [6.45, 7) is 2.01. The molecule has 90 valence electrons. The highest BCUT2D eigenvalue weighted by Gasteiger charge is 2.19. The number of aryl methyl sites for hydroxylation is 1. The molecule has 1 aliphatic carbocycles. The number of carbonyl (C=O) groups excluding carboxylic acids is 1. The van der Waals surface area contributed by atoms with Gasteiger partial charge in [-0.15, -0.1) is 0 Å². The molecule has 0 spiro atoms. The van der Waals surface area contributed by atoms with Gasteiger partial charge >= 0.3 is 0 Å². The second-order valence-electron chi connectivity index (χ2n) is 4.54. The number of carbonyl (C=O) groups is 1. The summed E-state index contributed by atoms with van der Waals surface area (Å²) in [6.07, 6.45) is 5.99. The maximum Gasteiger partial charge on any atom is 0.241 e. The van der Waals surface area contributed by atoms with Crippen LogP contribution in [0, 0.1) is 6.92 Å². The molecule has 0 bridgehead atoms. The molecule has 0 aromatic heterocycles. The van der Waals surface area contributed by atoms with Gasteiger partial charge in [-0.3, -0.25) is 4.79 Å². The lowest BCUT2D eigenvalue weighted by molar-refractivity contribution is -0.123. The first kappa shape index (κ1) is 11.9. The van der Waals surface area contributed by atoms with Gasteiger partial charge in [0.15, 0.2) is 0 Å². The van der Waals surface area contributed by atoms with Gasteiger partial charge in [0.1, 0.15) is 6.04 Å². The lowest BCUT2D eigenvalue weighted by Gasteiger charge is -2.17. The highest BCUT2D eigenvalue weighted by atomic mass is 16.2. The molecule has 1 amide bonds. The van der Waals surface area contributed by atoms with Crippen molar-refractivity contribution in [3.63, 3.8) is 0 Å². The summed E-state index contributed by atoms with van der Waals surface area (Å²) in [5, 5.41) is 2.97. The van der Waals surface area contributed by atoms with Crippen molar-refractivity contribution in [2.45, 2.75) is 31.8 Å². The standard InChI is InChI=1S/C14H18N2O/c1-10-6-8-11(9-7-10)13(15)14(17)16-12-4-2-3-5-12/h2-3,6-9,12-13H,4-5,15H2,1H3,(H,16,17). The minimum Gasteiger partial charge on any atom is -0.351 e. The fraction of sp³-hybridized carbons (Fsp3) is 0.357. The van der Waals surface area contributed by atoms with Gasteiger partial charge in [0.2, 0.25) is 5.91 Å². The Balaban J connectivity index is 1.96. The van der Waals surface area contributed by atoms with Crippen LogP contribution in [0.15, 0.2) is 36.4 Å². The van der Waals surface area contributed by atoms with Crippen molar-refractivity contribution in [2.75, 3.05) is 0 Å². The Labute approximate surface area is 102 Å². The number of hydrogen-bond acceptors (Lipinski definition) is 2. The Hall–Kier alpha value is -1.61. The molecular weight excluding hydrogens is 212 g/mol. The second kappa shape index (κ2) is 5.15. The predicted octanol–water partition coefficient (Wildman–Crippen LogP) is 1.83. The van der Waals surface area contributed by atoms with E-state index < -0.39 is 6.04 Å². The summed E-state index contributed by atoms with van der Waals surface area (Å²) in [7, 11) is 0. The molecule has 1 aromatic carbocycles. The molecule has 0 heterocycles. The van der Waals surface area contributed by atoms with Crippen molar-refractivity contribution in [3.05, 3.63) is 47.5 Å². The van der Waals surface area contributed by atoms with Gasteiger partial charge < -0.3 is 11.1 Å². The molecule has 1 aliphatic rings. The van der Waals surface area contributed by atoms with Crippen molar-refractivity contribution in [3.8, 4) is 0 Å². The summed E-state index contributed by atoms with van der Waals surface area (Å²) in [6, 6.07) is 7.41. The topological polar surface area (TPSA) is 55.1 Å². The van der Waals surface area contributed by atoms with Crippen LogP contribution < -0.4 is 11.1 Å². The Morgan fingerprint density at radius 2 is 1.88 bits per heavy atom. The molecule has 0 radical (unpaired) electrons.